The van der Waals surface area contributed by atoms with Crippen LogP contribution in [-0.4, -0.2) is 16.0 Å². The highest BCUT2D eigenvalue weighted by atomic mass is 32.1. The van der Waals surface area contributed by atoms with Crippen molar-refractivity contribution in [3.05, 3.63) is 65.9 Å². The molecule has 1 amide bonds. The Hall–Kier alpha value is -2.86. The van der Waals surface area contributed by atoms with Crippen molar-refractivity contribution in [1.29, 1.82) is 0 Å². The molecule has 0 atom stereocenters. The molecule has 1 heterocycles. The van der Waals surface area contributed by atoms with Crippen molar-refractivity contribution in [2.24, 2.45) is 0 Å². The molecule has 0 aliphatic carbocycles. The van der Waals surface area contributed by atoms with Gasteiger partial charge in [0.2, 0.25) is 5.91 Å². The number of aryl methyl sites for hydroxylation is 1. The van der Waals surface area contributed by atoms with Crippen LogP contribution in [0.25, 0.3) is 10.9 Å². The Kier molecular flexibility index (Phi) is 5.30. The number of anilines is 1. The molecule has 2 aromatic carbocycles. The number of aromatic nitrogens is 1. The maximum absolute atomic E-state index is 12.1. The Morgan fingerprint density at radius 2 is 1.96 bits per heavy atom. The summed E-state index contributed by atoms with van der Waals surface area (Å²) in [6.45, 7) is 2.10. The maximum Gasteiger partial charge on any atom is 0.242 e. The van der Waals surface area contributed by atoms with Crippen LogP contribution in [0.15, 0.2) is 54.7 Å². The molecule has 4 N–H and O–H groups in total. The number of nitrogens with one attached hydrogen (secondary N) is 4. The first-order chi connectivity index (χ1) is 12.2. The summed E-state index contributed by atoms with van der Waals surface area (Å²) in [4.78, 5) is 15.3. The number of rotatable bonds is 4. The van der Waals surface area contributed by atoms with Gasteiger partial charge in [-0.05, 0) is 48.0 Å². The molecule has 0 aliphatic rings. The highest BCUT2D eigenvalue weighted by molar-refractivity contribution is 7.80. The number of thiocarbonyl (C=S) groups is 1. The zero-order valence-electron chi connectivity index (χ0n) is 13.9. The number of carbonyl (C=O) groups is 1. The van der Waals surface area contributed by atoms with Crippen LogP contribution in [0, 0.1) is 0 Å². The van der Waals surface area contributed by atoms with Gasteiger partial charge >= 0.3 is 0 Å². The predicted octanol–water partition coefficient (Wildman–Crippen LogP) is 3.29. The molecular formula is C19H20N4OS. The molecule has 0 bridgehead atoms. The number of fused-ring (bicyclic) bond motifs is 1. The summed E-state index contributed by atoms with van der Waals surface area (Å²) in [6, 6.07) is 15.9. The van der Waals surface area contributed by atoms with Crippen LogP contribution in [0.3, 0.4) is 0 Å². The zero-order chi connectivity index (χ0) is 17.6. The van der Waals surface area contributed by atoms with Crippen LogP contribution in [0.1, 0.15) is 18.1 Å². The number of hydrogen-bond acceptors (Lipinski definition) is 2. The van der Waals surface area contributed by atoms with Crippen molar-refractivity contribution >= 4 is 39.8 Å². The number of benzene rings is 2. The third-order valence-electron chi connectivity index (χ3n) is 3.93. The van der Waals surface area contributed by atoms with E-state index in [0.29, 0.717) is 5.11 Å². The number of hydrogen-bond donors (Lipinski definition) is 4. The Morgan fingerprint density at radius 3 is 2.80 bits per heavy atom. The standard InChI is InChI=1S/C19H20N4OS/c1-2-13-6-5-7-15(10-13)21-19(25)23-22-18(24)11-14-12-20-17-9-4-3-8-16(14)17/h3-10,12,20H,2,11H2,1H3,(H,22,24)(H2,21,23,25). The van der Waals surface area contributed by atoms with Gasteiger partial charge in [0.1, 0.15) is 0 Å². The Morgan fingerprint density at radius 1 is 1.12 bits per heavy atom. The second kappa shape index (κ2) is 7.81. The van der Waals surface area contributed by atoms with Crippen LogP contribution >= 0.6 is 12.2 Å². The van der Waals surface area contributed by atoms with E-state index in [2.05, 4.69) is 34.1 Å². The van der Waals surface area contributed by atoms with E-state index in [0.717, 1.165) is 28.6 Å². The van der Waals surface area contributed by atoms with Crippen molar-refractivity contribution in [1.82, 2.24) is 15.8 Å². The number of hydrazine groups is 1. The Balaban J connectivity index is 1.52. The average Bonchev–Trinajstić information content (AvgIpc) is 3.03. The second-order valence-electron chi connectivity index (χ2n) is 5.72. The van der Waals surface area contributed by atoms with Gasteiger partial charge < -0.3 is 10.3 Å². The largest absolute Gasteiger partial charge is 0.361 e. The molecule has 0 spiro atoms. The van der Waals surface area contributed by atoms with E-state index < -0.39 is 0 Å². The molecule has 6 heteroatoms. The van der Waals surface area contributed by atoms with E-state index in [4.69, 9.17) is 12.2 Å². The lowest BCUT2D eigenvalue weighted by molar-refractivity contribution is -0.120. The molecule has 3 aromatic rings. The number of para-hydroxylation sites is 1. The summed E-state index contributed by atoms with van der Waals surface area (Å²) in [5.74, 6) is -0.156. The molecule has 25 heavy (non-hydrogen) atoms. The maximum atomic E-state index is 12.1. The minimum absolute atomic E-state index is 0.156. The number of aromatic amines is 1. The van der Waals surface area contributed by atoms with E-state index >= 15 is 0 Å². The van der Waals surface area contributed by atoms with E-state index in [1.165, 1.54) is 5.56 Å². The van der Waals surface area contributed by atoms with Gasteiger partial charge in [0.15, 0.2) is 5.11 Å². The summed E-state index contributed by atoms with van der Waals surface area (Å²) < 4.78 is 0. The van der Waals surface area contributed by atoms with E-state index in [1.54, 1.807) is 0 Å². The smallest absolute Gasteiger partial charge is 0.242 e. The fourth-order valence-corrected chi connectivity index (χ4v) is 2.82. The minimum atomic E-state index is -0.156. The summed E-state index contributed by atoms with van der Waals surface area (Å²) in [5, 5.41) is 4.46. The highest BCUT2D eigenvalue weighted by Gasteiger charge is 2.08. The molecular weight excluding hydrogens is 332 g/mol. The Labute approximate surface area is 151 Å². The van der Waals surface area contributed by atoms with Gasteiger partial charge in [0, 0.05) is 22.8 Å². The molecule has 3 rings (SSSR count). The van der Waals surface area contributed by atoms with Gasteiger partial charge in [0.25, 0.3) is 0 Å². The van der Waals surface area contributed by atoms with Gasteiger partial charge in [0.05, 0.1) is 6.42 Å². The lowest BCUT2D eigenvalue weighted by Crippen LogP contribution is -2.44. The summed E-state index contributed by atoms with van der Waals surface area (Å²) >= 11 is 5.22. The number of carbonyl (C=O) groups excluding carboxylic acids is 1. The van der Waals surface area contributed by atoms with Crippen molar-refractivity contribution in [3.63, 3.8) is 0 Å². The average molecular weight is 352 g/mol. The first kappa shape index (κ1) is 17.0. The molecule has 0 radical (unpaired) electrons. The van der Waals surface area contributed by atoms with Gasteiger partial charge in [-0.15, -0.1) is 0 Å². The van der Waals surface area contributed by atoms with Crippen molar-refractivity contribution in [2.75, 3.05) is 5.32 Å². The normalized spacial score (nSPS) is 10.4. The lowest BCUT2D eigenvalue weighted by atomic mass is 10.1. The van der Waals surface area contributed by atoms with Crippen LogP contribution in [-0.2, 0) is 17.6 Å². The highest BCUT2D eigenvalue weighted by Crippen LogP contribution is 2.17. The van der Waals surface area contributed by atoms with Gasteiger partial charge in [-0.1, -0.05) is 37.3 Å². The fourth-order valence-electron chi connectivity index (χ4n) is 2.65. The van der Waals surface area contributed by atoms with Crippen molar-refractivity contribution < 1.29 is 4.79 Å². The SMILES string of the molecule is CCc1cccc(NC(=S)NNC(=O)Cc2c[nH]c3ccccc23)c1. The van der Waals surface area contributed by atoms with Crippen LogP contribution in [0.2, 0.25) is 0 Å². The van der Waals surface area contributed by atoms with Crippen LogP contribution in [0.4, 0.5) is 5.69 Å². The third kappa shape index (κ3) is 4.36. The molecule has 0 unspecified atom stereocenters. The number of H-pyrrole nitrogens is 1. The van der Waals surface area contributed by atoms with E-state index in [9.17, 15) is 4.79 Å². The third-order valence-corrected chi connectivity index (χ3v) is 4.14. The molecule has 1 aromatic heterocycles. The fraction of sp³-hybridized carbons (Fsp3) is 0.158. The summed E-state index contributed by atoms with van der Waals surface area (Å²) in [6.07, 6.45) is 3.08. The van der Waals surface area contributed by atoms with E-state index in [1.807, 2.05) is 48.7 Å². The van der Waals surface area contributed by atoms with Gasteiger partial charge in [-0.3, -0.25) is 15.6 Å². The molecule has 0 saturated carbocycles. The second-order valence-corrected chi connectivity index (χ2v) is 6.13. The Bertz CT molecular complexity index is 903. The monoisotopic (exact) mass is 352 g/mol. The zero-order valence-corrected chi connectivity index (χ0v) is 14.7. The van der Waals surface area contributed by atoms with Crippen molar-refractivity contribution in [3.8, 4) is 0 Å². The molecule has 0 aliphatic heterocycles. The van der Waals surface area contributed by atoms with Crippen LogP contribution in [0.5, 0.6) is 0 Å². The minimum Gasteiger partial charge on any atom is -0.361 e. The molecule has 0 saturated heterocycles. The summed E-state index contributed by atoms with van der Waals surface area (Å²) in [5.41, 5.74) is 9.45. The predicted molar refractivity (Wildman–Crippen MR) is 105 cm³/mol. The van der Waals surface area contributed by atoms with Gasteiger partial charge in [-0.2, -0.15) is 0 Å². The van der Waals surface area contributed by atoms with Crippen LogP contribution < -0.4 is 16.2 Å². The topological polar surface area (TPSA) is 68.9 Å². The van der Waals surface area contributed by atoms with Crippen molar-refractivity contribution in [2.45, 2.75) is 19.8 Å². The quantitative estimate of drug-likeness (QED) is 0.430. The lowest BCUT2D eigenvalue weighted by Gasteiger charge is -2.12. The molecule has 128 valence electrons. The number of amides is 1. The summed E-state index contributed by atoms with van der Waals surface area (Å²) in [7, 11) is 0. The van der Waals surface area contributed by atoms with E-state index in [-0.39, 0.29) is 12.3 Å². The molecule has 5 nitrogen and oxygen atoms in total. The first-order valence-electron chi connectivity index (χ1n) is 8.15. The van der Waals surface area contributed by atoms with Gasteiger partial charge in [-0.25, -0.2) is 0 Å². The molecule has 0 fully saturated rings. The first-order valence-corrected chi connectivity index (χ1v) is 8.56.